The van der Waals surface area contributed by atoms with Gasteiger partial charge in [0.25, 0.3) is 0 Å². The molecule has 0 N–H and O–H groups in total. The molecule has 4 aromatic rings. The van der Waals surface area contributed by atoms with Crippen LogP contribution in [0, 0.1) is 0 Å². The third kappa shape index (κ3) is 4.24. The molecule has 2 bridgehead atoms. The molecule has 0 aliphatic carbocycles. The van der Waals surface area contributed by atoms with Crippen molar-refractivity contribution in [2.75, 3.05) is 0 Å². The maximum absolute atomic E-state index is 6.43. The molecule has 0 aromatic heterocycles. The highest BCUT2D eigenvalue weighted by Gasteiger charge is 2.35. The van der Waals surface area contributed by atoms with Crippen LogP contribution < -0.4 is 9.47 Å². The van der Waals surface area contributed by atoms with Crippen molar-refractivity contribution in [3.05, 3.63) is 130 Å². The van der Waals surface area contributed by atoms with Crippen LogP contribution in [-0.4, -0.2) is 0 Å². The van der Waals surface area contributed by atoms with Crippen molar-refractivity contribution in [3.8, 4) is 11.5 Å². The van der Waals surface area contributed by atoms with Crippen LogP contribution in [0.25, 0.3) is 0 Å². The monoisotopic (exact) mass is 434 g/mol. The first-order valence-electron chi connectivity index (χ1n) is 11.6. The summed E-state index contributed by atoms with van der Waals surface area (Å²) in [6.07, 6.45) is 1.90. The number of fused-ring (bicyclic) bond motifs is 6. The van der Waals surface area contributed by atoms with E-state index < -0.39 is 0 Å². The summed E-state index contributed by atoms with van der Waals surface area (Å²) < 4.78 is 18.6. The average Bonchev–Trinajstić information content (AvgIpc) is 2.87. The van der Waals surface area contributed by atoms with Gasteiger partial charge in [0.2, 0.25) is 0 Å². The van der Waals surface area contributed by atoms with Gasteiger partial charge in [0.15, 0.2) is 0 Å². The fourth-order valence-electron chi connectivity index (χ4n) is 4.87. The number of rotatable bonds is 6. The van der Waals surface area contributed by atoms with Gasteiger partial charge in [-0.05, 0) is 57.6 Å². The number of ether oxygens (including phenoxy) is 3. The van der Waals surface area contributed by atoms with Crippen LogP contribution in [-0.2, 0) is 30.8 Å². The van der Waals surface area contributed by atoms with Crippen molar-refractivity contribution in [2.24, 2.45) is 0 Å². The Labute approximate surface area is 194 Å². The minimum atomic E-state index is 0.0822. The molecule has 33 heavy (non-hydrogen) atoms. The van der Waals surface area contributed by atoms with Crippen molar-refractivity contribution >= 4 is 0 Å². The van der Waals surface area contributed by atoms with Gasteiger partial charge in [0.1, 0.15) is 24.7 Å². The molecule has 0 saturated heterocycles. The molecule has 3 heteroatoms. The summed E-state index contributed by atoms with van der Waals surface area (Å²) >= 11 is 0. The van der Waals surface area contributed by atoms with E-state index in [1.165, 1.54) is 33.4 Å². The third-order valence-electron chi connectivity index (χ3n) is 6.56. The lowest BCUT2D eigenvalue weighted by atomic mass is 9.82. The largest absolute Gasteiger partial charge is 0.489 e. The molecule has 2 heterocycles. The summed E-state index contributed by atoms with van der Waals surface area (Å²) in [4.78, 5) is 0. The van der Waals surface area contributed by atoms with Gasteiger partial charge >= 0.3 is 0 Å². The Bertz CT molecular complexity index is 1150. The van der Waals surface area contributed by atoms with Gasteiger partial charge in [-0.3, -0.25) is 0 Å². The molecule has 2 atom stereocenters. The van der Waals surface area contributed by atoms with Crippen LogP contribution in [0.4, 0.5) is 0 Å². The first-order valence-corrected chi connectivity index (χ1v) is 11.6. The molecule has 2 aliphatic heterocycles. The van der Waals surface area contributed by atoms with Crippen molar-refractivity contribution < 1.29 is 14.2 Å². The predicted octanol–water partition coefficient (Wildman–Crippen LogP) is 6.76. The van der Waals surface area contributed by atoms with E-state index in [0.717, 1.165) is 24.3 Å². The number of benzene rings is 4. The number of hydrogen-bond acceptors (Lipinski definition) is 3. The maximum Gasteiger partial charge on any atom is 0.120 e. The molecule has 0 unspecified atom stereocenters. The zero-order chi connectivity index (χ0) is 22.0. The van der Waals surface area contributed by atoms with Crippen molar-refractivity contribution in [1.82, 2.24) is 0 Å². The van der Waals surface area contributed by atoms with Gasteiger partial charge in [-0.25, -0.2) is 0 Å². The zero-order valence-corrected chi connectivity index (χ0v) is 18.4. The normalized spacial score (nSPS) is 18.2. The van der Waals surface area contributed by atoms with Crippen LogP contribution in [0.3, 0.4) is 0 Å². The van der Waals surface area contributed by atoms with Crippen LogP contribution in [0.5, 0.6) is 11.5 Å². The highest BCUT2D eigenvalue weighted by molar-refractivity contribution is 5.46. The van der Waals surface area contributed by atoms with Crippen LogP contribution >= 0.6 is 0 Å². The Morgan fingerprint density at radius 3 is 1.48 bits per heavy atom. The van der Waals surface area contributed by atoms with E-state index in [2.05, 4.69) is 60.7 Å². The van der Waals surface area contributed by atoms with Gasteiger partial charge in [0, 0.05) is 12.8 Å². The molecular weight excluding hydrogens is 408 g/mol. The van der Waals surface area contributed by atoms with Crippen molar-refractivity contribution in [2.45, 2.75) is 38.3 Å². The maximum atomic E-state index is 6.43. The minimum Gasteiger partial charge on any atom is -0.489 e. The molecule has 0 amide bonds. The Morgan fingerprint density at radius 1 is 0.576 bits per heavy atom. The molecule has 0 fully saturated rings. The lowest BCUT2D eigenvalue weighted by molar-refractivity contribution is -0.0393. The van der Waals surface area contributed by atoms with Gasteiger partial charge in [-0.2, -0.15) is 0 Å². The van der Waals surface area contributed by atoms with Crippen molar-refractivity contribution in [1.29, 1.82) is 0 Å². The molecular formula is C30H26O3. The topological polar surface area (TPSA) is 27.7 Å². The lowest BCUT2D eigenvalue weighted by Crippen LogP contribution is -2.27. The van der Waals surface area contributed by atoms with E-state index in [0.29, 0.717) is 13.2 Å². The Hall–Kier alpha value is -3.56. The molecule has 3 nitrogen and oxygen atoms in total. The second kappa shape index (κ2) is 8.76. The highest BCUT2D eigenvalue weighted by Crippen LogP contribution is 2.46. The van der Waals surface area contributed by atoms with E-state index in [4.69, 9.17) is 14.2 Å². The smallest absolute Gasteiger partial charge is 0.120 e. The zero-order valence-electron chi connectivity index (χ0n) is 18.4. The predicted molar refractivity (Wildman–Crippen MR) is 128 cm³/mol. The molecule has 6 rings (SSSR count). The van der Waals surface area contributed by atoms with Gasteiger partial charge < -0.3 is 14.2 Å². The quantitative estimate of drug-likeness (QED) is 0.336. The van der Waals surface area contributed by atoms with Crippen LogP contribution in [0.2, 0.25) is 0 Å². The summed E-state index contributed by atoms with van der Waals surface area (Å²) in [5.74, 6) is 1.84. The second-order valence-electron chi connectivity index (χ2n) is 8.79. The Kier molecular flexibility index (Phi) is 5.33. The molecule has 0 spiro atoms. The van der Waals surface area contributed by atoms with Crippen molar-refractivity contribution in [3.63, 3.8) is 0 Å². The van der Waals surface area contributed by atoms with Gasteiger partial charge in [-0.1, -0.05) is 72.8 Å². The second-order valence-corrected chi connectivity index (χ2v) is 8.79. The van der Waals surface area contributed by atoms with E-state index in [1.54, 1.807) is 0 Å². The summed E-state index contributed by atoms with van der Waals surface area (Å²) in [6.45, 7) is 1.16. The highest BCUT2D eigenvalue weighted by atomic mass is 16.5. The standard InChI is InChI=1S/C30H26O3/c1-3-7-21(8-4-1)19-31-25-11-13-27-23(15-25)17-29-28-14-12-26(16-24(28)18-30(27)33-29)32-20-22-9-5-2-6-10-22/h1-16,29-30H,17-20H2/t29-,30-/m0/s1. The van der Waals surface area contributed by atoms with E-state index in [9.17, 15) is 0 Å². The summed E-state index contributed by atoms with van der Waals surface area (Å²) in [6, 6.07) is 33.5. The molecule has 0 radical (unpaired) electrons. The summed E-state index contributed by atoms with van der Waals surface area (Å²) in [5.41, 5.74) is 7.57. The first-order chi connectivity index (χ1) is 16.3. The molecule has 164 valence electrons. The summed E-state index contributed by atoms with van der Waals surface area (Å²) in [5, 5.41) is 0. The Morgan fingerprint density at radius 2 is 1.03 bits per heavy atom. The van der Waals surface area contributed by atoms with E-state index in [1.807, 2.05) is 36.4 Å². The van der Waals surface area contributed by atoms with E-state index in [-0.39, 0.29) is 12.2 Å². The lowest BCUT2D eigenvalue weighted by Gasteiger charge is -2.38. The molecule has 4 aromatic carbocycles. The van der Waals surface area contributed by atoms with E-state index >= 15 is 0 Å². The Balaban J connectivity index is 1.17. The van der Waals surface area contributed by atoms with Crippen LogP contribution in [0.15, 0.2) is 97.1 Å². The molecule has 0 saturated carbocycles. The fourth-order valence-corrected chi connectivity index (χ4v) is 4.87. The van der Waals surface area contributed by atoms with Gasteiger partial charge in [-0.15, -0.1) is 0 Å². The van der Waals surface area contributed by atoms with Gasteiger partial charge in [0.05, 0.1) is 12.2 Å². The fraction of sp³-hybridized carbons (Fsp3) is 0.200. The number of hydrogen-bond donors (Lipinski definition) is 0. The average molecular weight is 435 g/mol. The third-order valence-corrected chi connectivity index (χ3v) is 6.56. The van der Waals surface area contributed by atoms with Crippen LogP contribution in [0.1, 0.15) is 45.6 Å². The minimum absolute atomic E-state index is 0.0822. The summed E-state index contributed by atoms with van der Waals surface area (Å²) in [7, 11) is 0. The SMILES string of the molecule is c1ccc(COc2ccc3c(c2)C[C@@H]2O[C@H]3Cc3cc(OCc4ccccc4)ccc32)cc1. The first kappa shape index (κ1) is 20.1. The molecule has 2 aliphatic rings.